The zero-order chi connectivity index (χ0) is 14.3. The molecule has 0 aromatic carbocycles. The average molecular weight is 292 g/mol. The first-order valence-electron chi connectivity index (χ1n) is 9.53. The van der Waals surface area contributed by atoms with Crippen LogP contribution in [0, 0.1) is 23.2 Å². The SMILES string of the molecule is OC(COC1CCCCCC1)C12CC3CC(CC(C3)C1)C2. The molecule has 5 rings (SSSR count). The Kier molecular flexibility index (Phi) is 4.04. The lowest BCUT2D eigenvalue weighted by Crippen LogP contribution is -2.53. The van der Waals surface area contributed by atoms with E-state index in [1.165, 1.54) is 77.0 Å². The highest BCUT2D eigenvalue weighted by molar-refractivity contribution is 5.04. The maximum Gasteiger partial charge on any atom is 0.0830 e. The van der Waals surface area contributed by atoms with E-state index in [4.69, 9.17) is 4.74 Å². The highest BCUT2D eigenvalue weighted by atomic mass is 16.5. The van der Waals surface area contributed by atoms with Gasteiger partial charge in [-0.2, -0.15) is 0 Å². The number of hydrogen-bond acceptors (Lipinski definition) is 2. The summed E-state index contributed by atoms with van der Waals surface area (Å²) in [6.07, 6.45) is 16.3. The van der Waals surface area contributed by atoms with Crippen molar-refractivity contribution in [3.63, 3.8) is 0 Å². The van der Waals surface area contributed by atoms with Gasteiger partial charge < -0.3 is 9.84 Å². The first-order chi connectivity index (χ1) is 10.2. The number of hydrogen-bond donors (Lipinski definition) is 1. The summed E-state index contributed by atoms with van der Waals surface area (Å²) in [5.74, 6) is 2.76. The van der Waals surface area contributed by atoms with Gasteiger partial charge in [0.2, 0.25) is 0 Å². The standard InChI is InChI=1S/C19H32O2/c20-18(13-21-17-5-3-1-2-4-6-17)19-10-14-7-15(11-19)9-16(8-14)12-19/h14-18,20H,1-13H2. The first-order valence-corrected chi connectivity index (χ1v) is 9.53. The zero-order valence-corrected chi connectivity index (χ0v) is 13.4. The summed E-state index contributed by atoms with van der Waals surface area (Å²) in [6, 6.07) is 0. The largest absolute Gasteiger partial charge is 0.390 e. The Hall–Kier alpha value is -0.0800. The van der Waals surface area contributed by atoms with Crippen molar-refractivity contribution in [2.75, 3.05) is 6.61 Å². The average Bonchev–Trinajstić information content (AvgIpc) is 2.72. The van der Waals surface area contributed by atoms with Crippen LogP contribution in [-0.4, -0.2) is 23.9 Å². The van der Waals surface area contributed by atoms with Crippen molar-refractivity contribution in [1.29, 1.82) is 0 Å². The summed E-state index contributed by atoms with van der Waals surface area (Å²) in [4.78, 5) is 0. The fraction of sp³-hybridized carbons (Fsp3) is 1.00. The van der Waals surface area contributed by atoms with Crippen molar-refractivity contribution in [2.45, 2.75) is 89.3 Å². The maximum absolute atomic E-state index is 10.9. The quantitative estimate of drug-likeness (QED) is 0.783. The summed E-state index contributed by atoms with van der Waals surface area (Å²) in [7, 11) is 0. The fourth-order valence-corrected chi connectivity index (χ4v) is 6.40. The van der Waals surface area contributed by atoms with Crippen LogP contribution < -0.4 is 0 Å². The van der Waals surface area contributed by atoms with Crippen molar-refractivity contribution in [2.24, 2.45) is 23.2 Å². The molecule has 2 nitrogen and oxygen atoms in total. The predicted octanol–water partition coefficient (Wildman–Crippen LogP) is 4.30. The van der Waals surface area contributed by atoms with Crippen molar-refractivity contribution in [3.05, 3.63) is 0 Å². The molecule has 0 aromatic rings. The number of ether oxygens (including phenoxy) is 1. The van der Waals surface area contributed by atoms with E-state index in [1.54, 1.807) is 0 Å². The molecule has 5 aliphatic rings. The summed E-state index contributed by atoms with van der Waals surface area (Å²) in [5.41, 5.74) is 0.236. The molecular formula is C19H32O2. The van der Waals surface area contributed by atoms with E-state index in [9.17, 15) is 5.11 Å². The van der Waals surface area contributed by atoms with Gasteiger partial charge in [-0.25, -0.2) is 0 Å². The van der Waals surface area contributed by atoms with E-state index in [-0.39, 0.29) is 11.5 Å². The third-order valence-corrected chi connectivity index (χ3v) is 7.08. The summed E-state index contributed by atoms with van der Waals surface area (Å²) in [6.45, 7) is 0.608. The molecule has 0 aliphatic heterocycles. The Balaban J connectivity index is 1.35. The molecule has 1 atom stereocenters. The molecule has 120 valence electrons. The Morgan fingerprint density at radius 1 is 0.857 bits per heavy atom. The van der Waals surface area contributed by atoms with Gasteiger partial charge >= 0.3 is 0 Å². The van der Waals surface area contributed by atoms with Crippen LogP contribution in [0.4, 0.5) is 0 Å². The highest BCUT2D eigenvalue weighted by Crippen LogP contribution is 2.61. The summed E-state index contributed by atoms with van der Waals surface area (Å²) < 4.78 is 6.16. The lowest BCUT2D eigenvalue weighted by Gasteiger charge is -2.58. The second-order valence-electron chi connectivity index (χ2n) is 8.74. The van der Waals surface area contributed by atoms with E-state index in [0.717, 1.165) is 17.8 Å². The molecular weight excluding hydrogens is 260 g/mol. The molecule has 0 heterocycles. The van der Waals surface area contributed by atoms with Crippen LogP contribution in [0.2, 0.25) is 0 Å². The van der Waals surface area contributed by atoms with Crippen LogP contribution >= 0.6 is 0 Å². The normalized spacial score (nSPS) is 44.7. The molecule has 5 saturated carbocycles. The van der Waals surface area contributed by atoms with E-state index >= 15 is 0 Å². The lowest BCUT2D eigenvalue weighted by atomic mass is 9.48. The van der Waals surface area contributed by atoms with E-state index in [0.29, 0.717) is 12.7 Å². The van der Waals surface area contributed by atoms with Crippen LogP contribution in [0.5, 0.6) is 0 Å². The second kappa shape index (κ2) is 5.85. The predicted molar refractivity (Wildman–Crippen MR) is 84.1 cm³/mol. The van der Waals surface area contributed by atoms with Crippen LogP contribution in [0.1, 0.15) is 77.0 Å². The zero-order valence-electron chi connectivity index (χ0n) is 13.4. The summed E-state index contributed by atoms with van der Waals surface area (Å²) >= 11 is 0. The van der Waals surface area contributed by atoms with E-state index < -0.39 is 0 Å². The van der Waals surface area contributed by atoms with Crippen LogP contribution in [0.3, 0.4) is 0 Å². The lowest BCUT2D eigenvalue weighted by molar-refractivity contribution is -0.147. The van der Waals surface area contributed by atoms with Gasteiger partial charge in [0, 0.05) is 0 Å². The molecule has 1 unspecified atom stereocenters. The Bertz CT molecular complexity index is 321. The van der Waals surface area contributed by atoms with Crippen LogP contribution in [0.15, 0.2) is 0 Å². The molecule has 5 fully saturated rings. The molecule has 4 bridgehead atoms. The number of aliphatic hydroxyl groups excluding tert-OH is 1. The first kappa shape index (κ1) is 14.5. The third-order valence-electron chi connectivity index (χ3n) is 7.08. The van der Waals surface area contributed by atoms with Crippen molar-refractivity contribution >= 4 is 0 Å². The van der Waals surface area contributed by atoms with Gasteiger partial charge in [0.1, 0.15) is 0 Å². The van der Waals surface area contributed by atoms with Crippen LogP contribution in [-0.2, 0) is 4.74 Å². The molecule has 21 heavy (non-hydrogen) atoms. The third kappa shape index (κ3) is 2.91. The molecule has 0 radical (unpaired) electrons. The Labute approximate surface area is 129 Å². The van der Waals surface area contributed by atoms with Crippen molar-refractivity contribution in [1.82, 2.24) is 0 Å². The maximum atomic E-state index is 10.9. The topological polar surface area (TPSA) is 29.5 Å². The molecule has 0 saturated heterocycles. The van der Waals surface area contributed by atoms with E-state index in [2.05, 4.69) is 0 Å². The van der Waals surface area contributed by atoms with Crippen LogP contribution in [0.25, 0.3) is 0 Å². The van der Waals surface area contributed by atoms with Gasteiger partial charge in [-0.1, -0.05) is 25.7 Å². The molecule has 0 amide bonds. The minimum Gasteiger partial charge on any atom is -0.390 e. The second-order valence-corrected chi connectivity index (χ2v) is 8.74. The Morgan fingerprint density at radius 3 is 1.90 bits per heavy atom. The van der Waals surface area contributed by atoms with Crippen molar-refractivity contribution < 1.29 is 9.84 Å². The molecule has 0 aromatic heterocycles. The smallest absolute Gasteiger partial charge is 0.0830 e. The molecule has 2 heteroatoms. The molecule has 0 spiro atoms. The van der Waals surface area contributed by atoms with Gasteiger partial charge in [0.25, 0.3) is 0 Å². The Morgan fingerprint density at radius 2 is 1.38 bits per heavy atom. The minimum absolute atomic E-state index is 0.200. The van der Waals surface area contributed by atoms with Crippen molar-refractivity contribution in [3.8, 4) is 0 Å². The monoisotopic (exact) mass is 292 g/mol. The van der Waals surface area contributed by atoms with E-state index in [1.807, 2.05) is 0 Å². The van der Waals surface area contributed by atoms with Gasteiger partial charge in [-0.3, -0.25) is 0 Å². The minimum atomic E-state index is -0.200. The van der Waals surface area contributed by atoms with Gasteiger partial charge in [0.05, 0.1) is 18.8 Å². The van der Waals surface area contributed by atoms with Gasteiger partial charge in [0.15, 0.2) is 0 Å². The molecule has 1 N–H and O–H groups in total. The summed E-state index contributed by atoms with van der Waals surface area (Å²) in [5, 5.41) is 10.9. The molecule has 5 aliphatic carbocycles. The number of aliphatic hydroxyl groups is 1. The highest BCUT2D eigenvalue weighted by Gasteiger charge is 2.53. The fourth-order valence-electron chi connectivity index (χ4n) is 6.40. The number of rotatable bonds is 4. The van der Waals surface area contributed by atoms with Gasteiger partial charge in [-0.15, -0.1) is 0 Å². The van der Waals surface area contributed by atoms with Gasteiger partial charge in [-0.05, 0) is 74.5 Å².